The van der Waals surface area contributed by atoms with E-state index >= 15 is 0 Å². The SMILES string of the molecule is COc1ccccc1S(=O)(=O)N(CC(O)CO)c1cc(C)cc(OCCNc2cnnc(Cl)c2Cl)c1. The van der Waals surface area contributed by atoms with Gasteiger partial charge in [-0.2, -0.15) is 5.10 Å². The normalized spacial score (nSPS) is 12.2. The van der Waals surface area contributed by atoms with E-state index in [0.717, 1.165) is 9.87 Å². The Balaban J connectivity index is 1.85. The highest BCUT2D eigenvalue weighted by Gasteiger charge is 2.30. The van der Waals surface area contributed by atoms with E-state index in [1.165, 1.54) is 25.4 Å². The van der Waals surface area contributed by atoms with E-state index in [2.05, 4.69) is 15.5 Å². The Hall–Kier alpha value is -2.83. The largest absolute Gasteiger partial charge is 0.495 e. The zero-order valence-corrected chi connectivity index (χ0v) is 21.9. The molecule has 0 amide bonds. The quantitative estimate of drug-likeness (QED) is 0.287. The molecule has 2 aromatic carbocycles. The first kappa shape index (κ1) is 27.8. The zero-order valence-electron chi connectivity index (χ0n) is 19.6. The Morgan fingerprint density at radius 2 is 1.94 bits per heavy atom. The van der Waals surface area contributed by atoms with Crippen LogP contribution in [0.1, 0.15) is 5.56 Å². The van der Waals surface area contributed by atoms with Crippen molar-refractivity contribution in [3.63, 3.8) is 0 Å². The van der Waals surface area contributed by atoms with Gasteiger partial charge in [-0.3, -0.25) is 4.31 Å². The number of rotatable bonds is 12. The fourth-order valence-electron chi connectivity index (χ4n) is 3.32. The number of ether oxygens (including phenoxy) is 2. The van der Waals surface area contributed by atoms with Gasteiger partial charge in [-0.05, 0) is 36.8 Å². The molecule has 1 aromatic heterocycles. The topological polar surface area (TPSA) is 134 Å². The van der Waals surface area contributed by atoms with Gasteiger partial charge in [0.1, 0.15) is 28.0 Å². The van der Waals surface area contributed by atoms with Crippen LogP contribution in [0, 0.1) is 6.92 Å². The highest BCUT2D eigenvalue weighted by atomic mass is 35.5. The minimum Gasteiger partial charge on any atom is -0.495 e. The lowest BCUT2D eigenvalue weighted by atomic mass is 10.2. The van der Waals surface area contributed by atoms with Crippen LogP contribution in [-0.4, -0.2) is 68.3 Å². The van der Waals surface area contributed by atoms with Crippen LogP contribution >= 0.6 is 23.2 Å². The molecule has 0 bridgehead atoms. The number of sulfonamides is 1. The maximum absolute atomic E-state index is 13.6. The number of aliphatic hydroxyl groups excluding tert-OH is 2. The summed E-state index contributed by atoms with van der Waals surface area (Å²) in [5.41, 5.74) is 1.48. The van der Waals surface area contributed by atoms with Gasteiger partial charge in [0.15, 0.2) is 5.15 Å². The van der Waals surface area contributed by atoms with Crippen LogP contribution in [0.2, 0.25) is 10.2 Å². The molecule has 0 aliphatic rings. The summed E-state index contributed by atoms with van der Waals surface area (Å²) in [6.07, 6.45) is 0.126. The van der Waals surface area contributed by atoms with E-state index in [-0.39, 0.29) is 39.7 Å². The second-order valence-electron chi connectivity index (χ2n) is 7.67. The number of aliphatic hydroxyl groups is 2. The molecule has 10 nitrogen and oxygen atoms in total. The third-order valence-electron chi connectivity index (χ3n) is 4.98. The van der Waals surface area contributed by atoms with Crippen molar-refractivity contribution in [3.05, 3.63) is 64.4 Å². The second-order valence-corrected chi connectivity index (χ2v) is 10.2. The summed E-state index contributed by atoms with van der Waals surface area (Å²) >= 11 is 11.9. The summed E-state index contributed by atoms with van der Waals surface area (Å²) in [5, 5.41) is 30.3. The number of anilines is 2. The smallest absolute Gasteiger partial charge is 0.268 e. The van der Waals surface area contributed by atoms with E-state index in [1.807, 2.05) is 0 Å². The summed E-state index contributed by atoms with van der Waals surface area (Å²) in [6, 6.07) is 11.1. The molecule has 0 fully saturated rings. The molecule has 1 heterocycles. The monoisotopic (exact) mass is 556 g/mol. The Labute approximate surface area is 219 Å². The first-order valence-electron chi connectivity index (χ1n) is 10.8. The zero-order chi connectivity index (χ0) is 26.3. The van der Waals surface area contributed by atoms with Crippen LogP contribution in [-0.2, 0) is 10.0 Å². The van der Waals surface area contributed by atoms with Crippen molar-refractivity contribution in [2.75, 3.05) is 43.0 Å². The van der Waals surface area contributed by atoms with Gasteiger partial charge in [-0.1, -0.05) is 35.3 Å². The molecule has 0 radical (unpaired) electrons. The maximum Gasteiger partial charge on any atom is 0.268 e. The molecule has 0 spiro atoms. The highest BCUT2D eigenvalue weighted by Crippen LogP contribution is 2.33. The van der Waals surface area contributed by atoms with Crippen molar-refractivity contribution >= 4 is 44.6 Å². The van der Waals surface area contributed by atoms with Gasteiger partial charge in [-0.15, -0.1) is 5.10 Å². The predicted octanol–water partition coefficient (Wildman–Crippen LogP) is 3.14. The average molecular weight is 557 g/mol. The van der Waals surface area contributed by atoms with Crippen molar-refractivity contribution in [3.8, 4) is 11.5 Å². The Bertz CT molecular complexity index is 1300. The van der Waals surface area contributed by atoms with Crippen molar-refractivity contribution < 1.29 is 28.1 Å². The van der Waals surface area contributed by atoms with Gasteiger partial charge in [0.2, 0.25) is 0 Å². The van der Waals surface area contributed by atoms with Crippen LogP contribution in [0.15, 0.2) is 53.6 Å². The molecule has 194 valence electrons. The minimum atomic E-state index is -4.18. The molecular formula is C23H26Cl2N4O6S. The minimum absolute atomic E-state index is 0.0762. The van der Waals surface area contributed by atoms with E-state index < -0.39 is 22.7 Å². The predicted molar refractivity (Wildman–Crippen MR) is 138 cm³/mol. The number of benzene rings is 2. The summed E-state index contributed by atoms with van der Waals surface area (Å²) < 4.78 is 39.4. The van der Waals surface area contributed by atoms with Crippen LogP contribution in [0.25, 0.3) is 0 Å². The maximum atomic E-state index is 13.6. The van der Waals surface area contributed by atoms with Gasteiger partial charge < -0.3 is 25.0 Å². The second kappa shape index (κ2) is 12.4. The third kappa shape index (κ3) is 6.68. The van der Waals surface area contributed by atoms with E-state index in [0.29, 0.717) is 18.0 Å². The molecule has 3 N–H and O–H groups in total. The summed E-state index contributed by atoms with van der Waals surface area (Å²) in [6.45, 7) is 1.34. The first-order valence-corrected chi connectivity index (χ1v) is 13.0. The van der Waals surface area contributed by atoms with Crippen molar-refractivity contribution in [1.82, 2.24) is 10.2 Å². The standard InChI is InChI=1S/C23H26Cl2N4O6S/c1-15-9-16(11-18(10-15)35-8-7-26-19-12-27-28-23(25)22(19)24)29(13-17(31)14-30)36(32,33)21-6-4-3-5-20(21)34-2/h3-6,9-12,17,30-31H,7-8,13-14H2,1-2H3,(H,26,28). The number of hydrogen-bond donors (Lipinski definition) is 3. The number of halogens is 2. The molecule has 0 saturated heterocycles. The molecule has 1 unspecified atom stereocenters. The van der Waals surface area contributed by atoms with Gasteiger partial charge in [0.25, 0.3) is 10.0 Å². The molecule has 3 aromatic rings. The summed E-state index contributed by atoms with van der Waals surface area (Å²) in [7, 11) is -2.80. The first-order chi connectivity index (χ1) is 17.2. The van der Waals surface area contributed by atoms with Crippen LogP contribution in [0.3, 0.4) is 0 Å². The third-order valence-corrected chi connectivity index (χ3v) is 7.56. The lowest BCUT2D eigenvalue weighted by molar-refractivity contribution is 0.102. The fraction of sp³-hybridized carbons (Fsp3) is 0.304. The summed E-state index contributed by atoms with van der Waals surface area (Å²) in [5.74, 6) is 0.558. The number of hydrogen-bond acceptors (Lipinski definition) is 9. The van der Waals surface area contributed by atoms with Crippen molar-refractivity contribution in [2.24, 2.45) is 0 Å². The number of nitrogens with one attached hydrogen (secondary N) is 1. The van der Waals surface area contributed by atoms with Crippen molar-refractivity contribution in [1.29, 1.82) is 0 Å². The van der Waals surface area contributed by atoms with E-state index in [4.69, 9.17) is 32.7 Å². The van der Waals surface area contributed by atoms with Crippen LogP contribution < -0.4 is 19.1 Å². The van der Waals surface area contributed by atoms with Gasteiger partial charge in [-0.25, -0.2) is 8.42 Å². The lowest BCUT2D eigenvalue weighted by Gasteiger charge is -2.27. The lowest BCUT2D eigenvalue weighted by Crippen LogP contribution is -2.39. The molecule has 0 aliphatic heterocycles. The molecule has 36 heavy (non-hydrogen) atoms. The molecule has 0 aliphatic carbocycles. The highest BCUT2D eigenvalue weighted by molar-refractivity contribution is 7.93. The Morgan fingerprint density at radius 3 is 2.67 bits per heavy atom. The molecule has 3 rings (SSSR count). The molecule has 1 atom stereocenters. The molecular weight excluding hydrogens is 531 g/mol. The number of nitrogens with zero attached hydrogens (tertiary/aromatic N) is 3. The van der Waals surface area contributed by atoms with E-state index in [1.54, 1.807) is 37.3 Å². The number of para-hydroxylation sites is 1. The number of aromatic nitrogens is 2. The van der Waals surface area contributed by atoms with Gasteiger partial charge in [0.05, 0.1) is 43.9 Å². The van der Waals surface area contributed by atoms with Gasteiger partial charge >= 0.3 is 0 Å². The number of methoxy groups -OCH3 is 1. The number of aryl methyl sites for hydroxylation is 1. The molecule has 13 heteroatoms. The average Bonchev–Trinajstić information content (AvgIpc) is 2.86. The van der Waals surface area contributed by atoms with Gasteiger partial charge in [0, 0.05) is 12.6 Å². The fourth-order valence-corrected chi connectivity index (χ4v) is 5.27. The Kier molecular flexibility index (Phi) is 9.57. The van der Waals surface area contributed by atoms with Crippen LogP contribution in [0.4, 0.5) is 11.4 Å². The summed E-state index contributed by atoms with van der Waals surface area (Å²) in [4.78, 5) is -0.0766. The Morgan fingerprint density at radius 1 is 1.19 bits per heavy atom. The molecule has 0 saturated carbocycles. The van der Waals surface area contributed by atoms with Crippen LogP contribution in [0.5, 0.6) is 11.5 Å². The van der Waals surface area contributed by atoms with E-state index in [9.17, 15) is 18.6 Å². The van der Waals surface area contributed by atoms with Crippen molar-refractivity contribution in [2.45, 2.75) is 17.9 Å².